The summed E-state index contributed by atoms with van der Waals surface area (Å²) in [6, 6.07) is 6.71. The monoisotopic (exact) mass is 337 g/mol. The van der Waals surface area contributed by atoms with Crippen LogP contribution in [0.1, 0.15) is 18.5 Å². The van der Waals surface area contributed by atoms with E-state index >= 15 is 0 Å². The number of halogens is 2. The number of aliphatic imine (C=N–C) groups is 1. The van der Waals surface area contributed by atoms with Crippen molar-refractivity contribution in [3.8, 4) is 0 Å². The molecule has 114 valence electrons. The van der Waals surface area contributed by atoms with E-state index in [2.05, 4.69) is 10.1 Å². The highest BCUT2D eigenvalue weighted by atomic mass is 35.5. The average Bonchev–Trinajstić information content (AvgIpc) is 2.95. The van der Waals surface area contributed by atoms with Crippen molar-refractivity contribution in [1.82, 2.24) is 9.78 Å². The summed E-state index contributed by atoms with van der Waals surface area (Å²) in [6.45, 7) is 1.81. The van der Waals surface area contributed by atoms with Crippen LogP contribution < -0.4 is 0 Å². The average molecular weight is 338 g/mol. The fourth-order valence-corrected chi connectivity index (χ4v) is 2.99. The summed E-state index contributed by atoms with van der Waals surface area (Å²) in [6.07, 6.45) is 1.65. The van der Waals surface area contributed by atoms with Crippen molar-refractivity contribution in [3.05, 3.63) is 46.1 Å². The second-order valence-corrected chi connectivity index (χ2v) is 5.82. The number of fused-ring (bicyclic) bond motifs is 1. The zero-order valence-electron chi connectivity index (χ0n) is 12.0. The van der Waals surface area contributed by atoms with Crippen molar-refractivity contribution in [1.29, 1.82) is 0 Å². The Morgan fingerprint density at radius 2 is 2.05 bits per heavy atom. The molecule has 2 atom stereocenters. The number of hydrogen-bond acceptors (Lipinski definition) is 4. The molecule has 22 heavy (non-hydrogen) atoms. The Morgan fingerprint density at radius 1 is 1.27 bits per heavy atom. The topological polar surface area (TPSA) is 56.5 Å². The van der Waals surface area contributed by atoms with Gasteiger partial charge in [-0.3, -0.25) is 4.79 Å². The van der Waals surface area contributed by atoms with E-state index in [1.54, 1.807) is 29.1 Å². The van der Waals surface area contributed by atoms with Crippen LogP contribution in [-0.4, -0.2) is 28.6 Å². The minimum atomic E-state index is -0.561. The van der Waals surface area contributed by atoms with E-state index in [-0.39, 0.29) is 12.0 Å². The van der Waals surface area contributed by atoms with Crippen LogP contribution in [-0.2, 0) is 9.53 Å². The summed E-state index contributed by atoms with van der Waals surface area (Å²) >= 11 is 12.1. The Kier molecular flexibility index (Phi) is 3.93. The molecule has 1 aliphatic rings. The fraction of sp³-hybridized carbons (Fsp3) is 0.267. The molecule has 0 saturated heterocycles. The quantitative estimate of drug-likeness (QED) is 0.785. The molecule has 5 nitrogen and oxygen atoms in total. The van der Waals surface area contributed by atoms with Gasteiger partial charge in [0.25, 0.3) is 0 Å². The summed E-state index contributed by atoms with van der Waals surface area (Å²) in [5.41, 5.74) is 1.50. The molecular weight excluding hydrogens is 325 g/mol. The second kappa shape index (κ2) is 5.74. The zero-order chi connectivity index (χ0) is 15.9. The van der Waals surface area contributed by atoms with Crippen LogP contribution in [0.5, 0.6) is 0 Å². The number of carbonyl (C=O) groups excluding carboxylic acids is 1. The largest absolute Gasteiger partial charge is 0.468 e. The van der Waals surface area contributed by atoms with Crippen LogP contribution in [0.15, 0.2) is 35.5 Å². The van der Waals surface area contributed by atoms with E-state index < -0.39 is 5.92 Å². The molecule has 1 aliphatic heterocycles. The van der Waals surface area contributed by atoms with Gasteiger partial charge < -0.3 is 4.74 Å². The lowest BCUT2D eigenvalue weighted by Gasteiger charge is -2.30. The predicted octanol–water partition coefficient (Wildman–Crippen LogP) is 3.67. The highest BCUT2D eigenvalue weighted by molar-refractivity contribution is 6.42. The molecule has 0 fully saturated rings. The minimum Gasteiger partial charge on any atom is -0.468 e. The summed E-state index contributed by atoms with van der Waals surface area (Å²) in [7, 11) is 1.36. The molecule has 0 bridgehead atoms. The number of aromatic nitrogens is 2. The van der Waals surface area contributed by atoms with Crippen molar-refractivity contribution < 1.29 is 9.53 Å². The van der Waals surface area contributed by atoms with E-state index in [0.717, 1.165) is 5.56 Å². The van der Waals surface area contributed by atoms with E-state index in [1.165, 1.54) is 7.11 Å². The van der Waals surface area contributed by atoms with E-state index in [4.69, 9.17) is 27.9 Å². The number of hydrogen-bond donors (Lipinski definition) is 0. The molecule has 7 heteroatoms. The van der Waals surface area contributed by atoms with E-state index in [0.29, 0.717) is 21.6 Å². The van der Waals surface area contributed by atoms with Gasteiger partial charge in [-0.25, -0.2) is 9.67 Å². The normalized spacial score (nSPS) is 20.3. The van der Waals surface area contributed by atoms with Crippen molar-refractivity contribution >= 4 is 40.7 Å². The summed E-state index contributed by atoms with van der Waals surface area (Å²) in [5, 5.41) is 5.18. The smallest absolute Gasteiger partial charge is 0.316 e. The molecule has 0 amide bonds. The minimum absolute atomic E-state index is 0.363. The second-order valence-electron chi connectivity index (χ2n) is 5.01. The lowest BCUT2D eigenvalue weighted by atomic mass is 9.88. The molecule has 0 aliphatic carbocycles. The third kappa shape index (κ3) is 2.40. The van der Waals surface area contributed by atoms with Gasteiger partial charge in [0, 0.05) is 11.8 Å². The first kappa shape index (κ1) is 15.1. The number of carbonyl (C=O) groups is 1. The zero-order valence-corrected chi connectivity index (χ0v) is 13.5. The number of nitrogens with zero attached hydrogens (tertiary/aromatic N) is 3. The van der Waals surface area contributed by atoms with Crippen LogP contribution in [0.3, 0.4) is 0 Å². The van der Waals surface area contributed by atoms with Crippen molar-refractivity contribution in [2.24, 2.45) is 10.9 Å². The Bertz CT molecular complexity index is 770. The molecule has 0 saturated carbocycles. The van der Waals surface area contributed by atoms with Crippen LogP contribution in [0.25, 0.3) is 0 Å². The van der Waals surface area contributed by atoms with Crippen molar-refractivity contribution in [2.75, 3.05) is 7.11 Å². The van der Waals surface area contributed by atoms with Crippen molar-refractivity contribution in [2.45, 2.75) is 13.0 Å². The number of ether oxygens (including phenoxy) is 1. The standard InChI is InChI=1S/C15H13Cl2N3O2/c1-8-13(15(21)22-2)14(20-12(19-8)5-6-18-20)9-3-4-10(16)11(17)7-9/h3-7,13-14H,1-2H3. The number of rotatable bonds is 2. The first-order valence-corrected chi connectivity index (χ1v) is 7.40. The predicted molar refractivity (Wildman–Crippen MR) is 85.1 cm³/mol. The van der Waals surface area contributed by atoms with Gasteiger partial charge in [0.1, 0.15) is 5.92 Å². The first-order valence-electron chi connectivity index (χ1n) is 6.64. The molecule has 0 N–H and O–H groups in total. The third-order valence-electron chi connectivity index (χ3n) is 3.71. The molecule has 2 aromatic rings. The molecular formula is C15H13Cl2N3O2. The van der Waals surface area contributed by atoms with E-state index in [1.807, 2.05) is 13.0 Å². The molecule has 2 unspecified atom stereocenters. The highest BCUT2D eigenvalue weighted by Gasteiger charge is 2.38. The fourth-order valence-electron chi connectivity index (χ4n) is 2.69. The Balaban J connectivity index is 2.17. The molecule has 3 rings (SSSR count). The van der Waals surface area contributed by atoms with Gasteiger partial charge in [-0.05, 0) is 24.6 Å². The Hall–Kier alpha value is -1.85. The van der Waals surface area contributed by atoms with Crippen LogP contribution in [0.2, 0.25) is 10.0 Å². The summed E-state index contributed by atoms with van der Waals surface area (Å²) in [5.74, 6) is -0.234. The summed E-state index contributed by atoms with van der Waals surface area (Å²) in [4.78, 5) is 16.7. The van der Waals surface area contributed by atoms with Gasteiger partial charge in [-0.1, -0.05) is 29.3 Å². The van der Waals surface area contributed by atoms with Gasteiger partial charge in [-0.15, -0.1) is 0 Å². The SMILES string of the molecule is COC(=O)C1C(C)=Nc2ccnn2C1c1ccc(Cl)c(Cl)c1. The maximum absolute atomic E-state index is 12.2. The number of benzene rings is 1. The summed E-state index contributed by atoms with van der Waals surface area (Å²) < 4.78 is 6.64. The van der Waals surface area contributed by atoms with Gasteiger partial charge >= 0.3 is 5.97 Å². The highest BCUT2D eigenvalue weighted by Crippen LogP contribution is 2.38. The molecule has 0 radical (unpaired) electrons. The molecule has 1 aromatic carbocycles. The van der Waals surface area contributed by atoms with E-state index in [9.17, 15) is 4.79 Å². The van der Waals surface area contributed by atoms with Gasteiger partial charge in [0.2, 0.25) is 0 Å². The molecule has 0 spiro atoms. The molecule has 1 aromatic heterocycles. The van der Waals surface area contributed by atoms with Crippen LogP contribution in [0.4, 0.5) is 5.82 Å². The van der Waals surface area contributed by atoms with Crippen LogP contribution in [0, 0.1) is 5.92 Å². The van der Waals surface area contributed by atoms with Gasteiger partial charge in [-0.2, -0.15) is 5.10 Å². The first-order chi connectivity index (χ1) is 10.5. The lowest BCUT2D eigenvalue weighted by molar-refractivity contribution is -0.144. The molecule has 2 heterocycles. The maximum atomic E-state index is 12.2. The van der Waals surface area contributed by atoms with Crippen LogP contribution >= 0.6 is 23.2 Å². The van der Waals surface area contributed by atoms with Crippen molar-refractivity contribution in [3.63, 3.8) is 0 Å². The number of esters is 1. The lowest BCUT2D eigenvalue weighted by Crippen LogP contribution is -2.36. The number of methoxy groups -OCH3 is 1. The third-order valence-corrected chi connectivity index (χ3v) is 4.45. The maximum Gasteiger partial charge on any atom is 0.316 e. The Labute approximate surface area is 137 Å². The van der Waals surface area contributed by atoms with Gasteiger partial charge in [0.15, 0.2) is 5.82 Å². The Morgan fingerprint density at radius 3 is 2.73 bits per heavy atom. The van der Waals surface area contributed by atoms with Gasteiger partial charge in [0.05, 0.1) is 29.4 Å².